The molecule has 2 atom stereocenters. The molecule has 108 valence electrons. The van der Waals surface area contributed by atoms with Gasteiger partial charge in [0.15, 0.2) is 0 Å². The average molecular weight is 261 g/mol. The van der Waals surface area contributed by atoms with E-state index in [1.54, 1.807) is 0 Å². The van der Waals surface area contributed by atoms with Crippen LogP contribution in [0, 0.1) is 12.8 Å². The summed E-state index contributed by atoms with van der Waals surface area (Å²) >= 11 is 0. The quantitative estimate of drug-likeness (QED) is 0.666. The summed E-state index contributed by atoms with van der Waals surface area (Å²) in [6, 6.07) is 9.10. The van der Waals surface area contributed by atoms with Gasteiger partial charge in [0.25, 0.3) is 0 Å². The molecule has 0 saturated carbocycles. The van der Waals surface area contributed by atoms with Crippen molar-refractivity contribution in [2.45, 2.75) is 58.8 Å². The van der Waals surface area contributed by atoms with Crippen molar-refractivity contribution in [2.24, 2.45) is 5.92 Å². The summed E-state index contributed by atoms with van der Waals surface area (Å²) in [5.41, 5.74) is 2.85. The second-order valence-electron chi connectivity index (χ2n) is 5.82. The minimum atomic E-state index is 0.660. The maximum absolute atomic E-state index is 3.37. The molecule has 1 aromatic carbocycles. The molecule has 0 aliphatic rings. The molecule has 0 radical (unpaired) electrons. The third-order valence-electron chi connectivity index (χ3n) is 4.16. The zero-order chi connectivity index (χ0) is 14.1. The topological polar surface area (TPSA) is 12.0 Å². The first-order valence-corrected chi connectivity index (χ1v) is 7.92. The molecule has 0 amide bonds. The van der Waals surface area contributed by atoms with Gasteiger partial charge in [-0.2, -0.15) is 0 Å². The molecule has 0 aliphatic heterocycles. The molecule has 0 aliphatic carbocycles. The van der Waals surface area contributed by atoms with E-state index in [2.05, 4.69) is 57.4 Å². The maximum atomic E-state index is 3.37. The number of hydrogen-bond acceptors (Lipinski definition) is 1. The molecule has 0 heterocycles. The van der Waals surface area contributed by atoms with E-state index in [1.165, 1.54) is 43.2 Å². The predicted molar refractivity (Wildman–Crippen MR) is 85.8 cm³/mol. The summed E-state index contributed by atoms with van der Waals surface area (Å²) in [6.45, 7) is 7.88. The Bertz CT molecular complexity index is 328. The molecule has 1 heteroatoms. The Morgan fingerprint density at radius 3 is 2.32 bits per heavy atom. The lowest BCUT2D eigenvalue weighted by molar-refractivity contribution is 0.380. The van der Waals surface area contributed by atoms with Crippen LogP contribution in [-0.4, -0.2) is 13.6 Å². The Balaban J connectivity index is 2.67. The van der Waals surface area contributed by atoms with Gasteiger partial charge in [-0.3, -0.25) is 0 Å². The normalized spacial score (nSPS) is 14.3. The fourth-order valence-electron chi connectivity index (χ4n) is 2.81. The molecule has 0 fully saturated rings. The van der Waals surface area contributed by atoms with Crippen molar-refractivity contribution >= 4 is 0 Å². The monoisotopic (exact) mass is 261 g/mol. The van der Waals surface area contributed by atoms with Gasteiger partial charge in [0, 0.05) is 6.54 Å². The average Bonchev–Trinajstić information content (AvgIpc) is 2.43. The summed E-state index contributed by atoms with van der Waals surface area (Å²) in [7, 11) is 2.06. The molecule has 1 rings (SSSR count). The van der Waals surface area contributed by atoms with Crippen LogP contribution >= 0.6 is 0 Å². The van der Waals surface area contributed by atoms with E-state index in [4.69, 9.17) is 0 Å². The standard InChI is InChI=1S/C18H31N/c1-5-7-8-16(6-2)13-18(14-19-4)17-11-9-15(3)10-12-17/h9-12,16,18-19H,5-8,13-14H2,1-4H3. The van der Waals surface area contributed by atoms with Crippen molar-refractivity contribution < 1.29 is 0 Å². The van der Waals surface area contributed by atoms with Crippen LogP contribution in [0.2, 0.25) is 0 Å². The fourth-order valence-corrected chi connectivity index (χ4v) is 2.81. The van der Waals surface area contributed by atoms with E-state index >= 15 is 0 Å². The fraction of sp³-hybridized carbons (Fsp3) is 0.667. The Hall–Kier alpha value is -0.820. The molecule has 0 bridgehead atoms. The number of aryl methyl sites for hydroxylation is 1. The van der Waals surface area contributed by atoms with Gasteiger partial charge in [0.05, 0.1) is 0 Å². The Kier molecular flexibility index (Phi) is 7.81. The second-order valence-corrected chi connectivity index (χ2v) is 5.82. The van der Waals surface area contributed by atoms with Crippen molar-refractivity contribution in [1.82, 2.24) is 5.32 Å². The number of likely N-dealkylation sites (N-methyl/N-ethyl adjacent to an activating group) is 1. The minimum absolute atomic E-state index is 0.660. The van der Waals surface area contributed by atoms with Crippen molar-refractivity contribution in [3.63, 3.8) is 0 Å². The number of rotatable bonds is 9. The van der Waals surface area contributed by atoms with E-state index in [9.17, 15) is 0 Å². The lowest BCUT2D eigenvalue weighted by atomic mass is 9.84. The Morgan fingerprint density at radius 1 is 1.11 bits per heavy atom. The first kappa shape index (κ1) is 16.2. The minimum Gasteiger partial charge on any atom is -0.319 e. The highest BCUT2D eigenvalue weighted by Gasteiger charge is 2.16. The van der Waals surface area contributed by atoms with E-state index in [-0.39, 0.29) is 0 Å². The van der Waals surface area contributed by atoms with Gasteiger partial charge < -0.3 is 5.32 Å². The molecule has 1 nitrogen and oxygen atoms in total. The second kappa shape index (κ2) is 9.14. The smallest absolute Gasteiger partial charge is 0.00172 e. The Morgan fingerprint density at radius 2 is 1.79 bits per heavy atom. The summed E-state index contributed by atoms with van der Waals surface area (Å²) in [5.74, 6) is 1.53. The molecule has 19 heavy (non-hydrogen) atoms. The van der Waals surface area contributed by atoms with Crippen LogP contribution in [0.15, 0.2) is 24.3 Å². The SMILES string of the molecule is CCCCC(CC)CC(CNC)c1ccc(C)cc1. The third-order valence-corrected chi connectivity index (χ3v) is 4.16. The van der Waals surface area contributed by atoms with E-state index in [0.717, 1.165) is 12.5 Å². The van der Waals surface area contributed by atoms with Crippen molar-refractivity contribution in [3.8, 4) is 0 Å². The lowest BCUT2D eigenvalue weighted by Crippen LogP contribution is -2.20. The van der Waals surface area contributed by atoms with E-state index in [1.807, 2.05) is 0 Å². The van der Waals surface area contributed by atoms with Crippen LogP contribution in [-0.2, 0) is 0 Å². The van der Waals surface area contributed by atoms with Crippen molar-refractivity contribution in [1.29, 1.82) is 0 Å². The van der Waals surface area contributed by atoms with Crippen LogP contribution in [0.4, 0.5) is 0 Å². The van der Waals surface area contributed by atoms with Crippen molar-refractivity contribution in [3.05, 3.63) is 35.4 Å². The van der Waals surface area contributed by atoms with Crippen LogP contribution in [0.25, 0.3) is 0 Å². The highest BCUT2D eigenvalue weighted by Crippen LogP contribution is 2.28. The number of unbranched alkanes of at least 4 members (excludes halogenated alkanes) is 1. The lowest BCUT2D eigenvalue weighted by Gasteiger charge is -2.23. The van der Waals surface area contributed by atoms with E-state index in [0.29, 0.717) is 5.92 Å². The van der Waals surface area contributed by atoms with Gasteiger partial charge in [-0.15, -0.1) is 0 Å². The summed E-state index contributed by atoms with van der Waals surface area (Å²) in [5, 5.41) is 3.37. The highest BCUT2D eigenvalue weighted by molar-refractivity contribution is 5.24. The molecule has 0 aromatic heterocycles. The van der Waals surface area contributed by atoms with Crippen LogP contribution in [0.3, 0.4) is 0 Å². The summed E-state index contributed by atoms with van der Waals surface area (Å²) in [4.78, 5) is 0. The maximum Gasteiger partial charge on any atom is 0.00172 e. The zero-order valence-electron chi connectivity index (χ0n) is 13.2. The molecule has 2 unspecified atom stereocenters. The van der Waals surface area contributed by atoms with Gasteiger partial charge in [-0.05, 0) is 37.8 Å². The number of hydrogen-bond donors (Lipinski definition) is 1. The predicted octanol–water partition coefficient (Wildman–Crippen LogP) is 4.90. The van der Waals surface area contributed by atoms with Gasteiger partial charge >= 0.3 is 0 Å². The van der Waals surface area contributed by atoms with Gasteiger partial charge in [0.1, 0.15) is 0 Å². The van der Waals surface area contributed by atoms with Crippen molar-refractivity contribution in [2.75, 3.05) is 13.6 Å². The summed E-state index contributed by atoms with van der Waals surface area (Å²) < 4.78 is 0. The van der Waals surface area contributed by atoms with Crippen LogP contribution in [0.1, 0.15) is 63.0 Å². The van der Waals surface area contributed by atoms with E-state index < -0.39 is 0 Å². The zero-order valence-corrected chi connectivity index (χ0v) is 13.2. The largest absolute Gasteiger partial charge is 0.319 e. The number of benzene rings is 1. The first-order chi connectivity index (χ1) is 9.21. The first-order valence-electron chi connectivity index (χ1n) is 7.92. The van der Waals surface area contributed by atoms with Crippen LogP contribution in [0.5, 0.6) is 0 Å². The molecular formula is C18H31N. The van der Waals surface area contributed by atoms with Gasteiger partial charge in [-0.1, -0.05) is 69.4 Å². The Labute approximate surface area is 119 Å². The number of nitrogens with one attached hydrogen (secondary N) is 1. The molecule has 1 N–H and O–H groups in total. The van der Waals surface area contributed by atoms with Crippen LogP contribution < -0.4 is 5.32 Å². The molecule has 0 saturated heterocycles. The van der Waals surface area contributed by atoms with Gasteiger partial charge in [-0.25, -0.2) is 0 Å². The highest BCUT2D eigenvalue weighted by atomic mass is 14.8. The third kappa shape index (κ3) is 5.78. The molecular weight excluding hydrogens is 230 g/mol. The molecule has 0 spiro atoms. The molecule has 1 aromatic rings. The van der Waals surface area contributed by atoms with Gasteiger partial charge in [0.2, 0.25) is 0 Å². The summed E-state index contributed by atoms with van der Waals surface area (Å²) in [6.07, 6.45) is 6.71.